The summed E-state index contributed by atoms with van der Waals surface area (Å²) in [5.41, 5.74) is 7.03. The molecule has 1 nitrogen and oxygen atoms in total. The third-order valence-corrected chi connectivity index (χ3v) is 8.14. The first-order valence-electron chi connectivity index (χ1n) is 10.5. The van der Waals surface area contributed by atoms with Gasteiger partial charge in [-0.05, 0) is 66.2 Å². The Kier molecular flexibility index (Phi) is 4.42. The molecule has 0 spiro atoms. The molecule has 0 saturated carbocycles. The monoisotopic (exact) mass is 407 g/mol. The van der Waals surface area contributed by atoms with Gasteiger partial charge in [0.05, 0.1) is 11.4 Å². The van der Waals surface area contributed by atoms with Gasteiger partial charge < -0.3 is 0 Å². The van der Waals surface area contributed by atoms with E-state index in [1.165, 1.54) is 41.0 Å². The minimum absolute atomic E-state index is 0.0957. The molecule has 4 aromatic rings. The summed E-state index contributed by atoms with van der Waals surface area (Å²) >= 11 is 0. The fraction of sp³-hybridized carbons (Fsp3) is 0.214. The van der Waals surface area contributed by atoms with E-state index in [-0.39, 0.29) is 10.8 Å². The summed E-state index contributed by atoms with van der Waals surface area (Å²) in [6, 6.07) is 31.1. The van der Waals surface area contributed by atoms with Gasteiger partial charge in [0, 0.05) is 21.7 Å². The molecule has 0 N–H and O–H groups in total. The summed E-state index contributed by atoms with van der Waals surface area (Å²) in [7, 11) is 1.25. The van der Waals surface area contributed by atoms with E-state index in [2.05, 4.69) is 113 Å². The first-order valence-corrected chi connectivity index (χ1v) is 11.4. The van der Waals surface area contributed by atoms with E-state index in [1.54, 1.807) is 0 Å². The van der Waals surface area contributed by atoms with Crippen molar-refractivity contribution in [3.63, 3.8) is 0 Å². The van der Waals surface area contributed by atoms with Crippen LogP contribution in [0.25, 0.3) is 22.1 Å². The Bertz CT molecular complexity index is 1060. The normalized spacial score (nSPS) is 16.1. The van der Waals surface area contributed by atoms with Crippen LogP contribution in [0.4, 0.5) is 0 Å². The fourth-order valence-corrected chi connectivity index (χ4v) is 5.56. The highest BCUT2D eigenvalue weighted by atomic mass is 31.0. The Labute approximate surface area is 181 Å². The molecular formula is C28H26NP. The van der Waals surface area contributed by atoms with Gasteiger partial charge in [-0.15, -0.1) is 0 Å². The summed E-state index contributed by atoms with van der Waals surface area (Å²) < 4.78 is 0. The lowest BCUT2D eigenvalue weighted by Crippen LogP contribution is -2.20. The van der Waals surface area contributed by atoms with Gasteiger partial charge >= 0.3 is 0 Å². The summed E-state index contributed by atoms with van der Waals surface area (Å²) in [6.45, 7) is 9.20. The van der Waals surface area contributed by atoms with E-state index in [0.717, 1.165) is 11.4 Å². The van der Waals surface area contributed by atoms with Crippen LogP contribution in [0.2, 0.25) is 0 Å². The highest BCUT2D eigenvalue weighted by Crippen LogP contribution is 2.42. The van der Waals surface area contributed by atoms with Crippen molar-refractivity contribution in [1.29, 1.82) is 0 Å². The van der Waals surface area contributed by atoms with Crippen LogP contribution < -0.4 is 0 Å². The van der Waals surface area contributed by atoms with E-state index in [4.69, 9.17) is 4.98 Å². The maximum Gasteiger partial charge on any atom is 0.0705 e. The van der Waals surface area contributed by atoms with Gasteiger partial charge in [-0.1, -0.05) is 76.6 Å². The maximum absolute atomic E-state index is 5.13. The van der Waals surface area contributed by atoms with Gasteiger partial charge in [-0.2, -0.15) is 0 Å². The number of rotatable bonds is 0. The molecule has 0 fully saturated rings. The van der Waals surface area contributed by atoms with Crippen molar-refractivity contribution in [3.8, 4) is 22.1 Å². The van der Waals surface area contributed by atoms with E-state index >= 15 is 0 Å². The summed E-state index contributed by atoms with van der Waals surface area (Å²) in [6.07, 6.45) is 0. The largest absolute Gasteiger partial charge is 0.252 e. The van der Waals surface area contributed by atoms with Crippen LogP contribution in [0.5, 0.6) is 0 Å². The molecule has 30 heavy (non-hydrogen) atoms. The highest BCUT2D eigenvalue weighted by molar-refractivity contribution is 7.34. The van der Waals surface area contributed by atoms with Crippen LogP contribution in [0.3, 0.4) is 0 Å². The summed E-state index contributed by atoms with van der Waals surface area (Å²) in [5.74, 6) is 0. The third-order valence-electron chi connectivity index (χ3n) is 6.54. The number of fused-ring (bicyclic) bond motifs is 10. The van der Waals surface area contributed by atoms with Gasteiger partial charge in [0.25, 0.3) is 0 Å². The molecule has 0 aliphatic carbocycles. The summed E-state index contributed by atoms with van der Waals surface area (Å²) in [4.78, 5) is 5.13. The van der Waals surface area contributed by atoms with Crippen molar-refractivity contribution < 1.29 is 0 Å². The SMILES string of the molecule is CC1(C)c2cccc(c2)-c2cccc(n2)C(C)(C)c2cccc(p2)-c2cccc1c2. The Balaban J connectivity index is 1.85. The molecule has 0 amide bonds. The molecule has 2 aromatic heterocycles. The minimum atomic E-state index is -0.147. The number of nitrogens with zero attached hydrogens (tertiary/aromatic N) is 1. The standard InChI is InChI=1S/C28H26NP/c1-27(2)21-11-5-9-19(17-21)23-13-7-15-25(29-23)28(3,4)26-16-8-14-24(30-26)20-10-6-12-22(27)18-20/h5-18H,1-4H3. The maximum atomic E-state index is 5.13. The molecule has 8 bridgehead atoms. The second kappa shape index (κ2) is 6.89. The molecule has 1 aliphatic rings. The lowest BCUT2D eigenvalue weighted by molar-refractivity contribution is 0.630. The second-order valence-electron chi connectivity index (χ2n) is 9.23. The molecule has 5 rings (SSSR count). The van der Waals surface area contributed by atoms with E-state index in [9.17, 15) is 0 Å². The van der Waals surface area contributed by atoms with Gasteiger partial charge in [-0.25, -0.2) is 0 Å². The first-order chi connectivity index (χ1) is 14.4. The fourth-order valence-electron chi connectivity index (χ4n) is 4.32. The van der Waals surface area contributed by atoms with Crippen LogP contribution in [0.15, 0.2) is 84.9 Å². The molecule has 2 aromatic carbocycles. The van der Waals surface area contributed by atoms with E-state index in [0.29, 0.717) is 0 Å². The van der Waals surface area contributed by atoms with Crippen LogP contribution in [-0.4, -0.2) is 4.98 Å². The van der Waals surface area contributed by atoms with Crippen LogP contribution >= 0.6 is 8.19 Å². The average Bonchev–Trinajstić information content (AvgIpc) is 2.79. The molecule has 1 aliphatic heterocycles. The molecular weight excluding hydrogens is 381 g/mol. The number of hydrogen-bond acceptors (Lipinski definition) is 1. The zero-order chi connectivity index (χ0) is 20.9. The zero-order valence-electron chi connectivity index (χ0n) is 18.0. The topological polar surface area (TPSA) is 12.9 Å². The second-order valence-corrected chi connectivity index (χ2v) is 10.4. The van der Waals surface area contributed by atoms with Gasteiger partial charge in [0.15, 0.2) is 0 Å². The Morgan fingerprint density at radius 1 is 0.633 bits per heavy atom. The molecule has 0 unspecified atom stereocenters. The van der Waals surface area contributed by atoms with Crippen LogP contribution in [-0.2, 0) is 10.8 Å². The zero-order valence-corrected chi connectivity index (χ0v) is 18.9. The first kappa shape index (κ1) is 19.2. The van der Waals surface area contributed by atoms with Crippen LogP contribution in [0, 0.1) is 0 Å². The average molecular weight is 407 g/mol. The molecule has 2 heteroatoms. The predicted molar refractivity (Wildman–Crippen MR) is 128 cm³/mol. The molecule has 148 valence electrons. The molecule has 0 saturated heterocycles. The Morgan fingerprint density at radius 2 is 1.27 bits per heavy atom. The predicted octanol–water partition coefficient (Wildman–Crippen LogP) is 7.96. The van der Waals surface area contributed by atoms with Crippen molar-refractivity contribution in [1.82, 2.24) is 4.98 Å². The van der Waals surface area contributed by atoms with Crippen molar-refractivity contribution in [3.05, 3.63) is 107 Å². The highest BCUT2D eigenvalue weighted by Gasteiger charge is 2.28. The van der Waals surface area contributed by atoms with Crippen molar-refractivity contribution in [2.24, 2.45) is 0 Å². The van der Waals surface area contributed by atoms with Crippen molar-refractivity contribution in [2.75, 3.05) is 0 Å². The van der Waals surface area contributed by atoms with Crippen molar-refractivity contribution >= 4 is 8.19 Å². The summed E-state index contributed by atoms with van der Waals surface area (Å²) in [5, 5.41) is 2.72. The van der Waals surface area contributed by atoms with Crippen LogP contribution in [0.1, 0.15) is 49.8 Å². The third kappa shape index (κ3) is 3.09. The number of hydrogen-bond donors (Lipinski definition) is 0. The van der Waals surface area contributed by atoms with E-state index < -0.39 is 0 Å². The lowest BCUT2D eigenvalue weighted by atomic mass is 9.77. The molecule has 0 atom stereocenters. The van der Waals surface area contributed by atoms with Crippen molar-refractivity contribution in [2.45, 2.75) is 38.5 Å². The Morgan fingerprint density at radius 3 is 2.03 bits per heavy atom. The number of pyridine rings is 1. The van der Waals surface area contributed by atoms with Gasteiger partial charge in [0.2, 0.25) is 0 Å². The van der Waals surface area contributed by atoms with E-state index in [1.807, 2.05) is 0 Å². The number of benzene rings is 2. The Hall–Kier alpha value is -2.76. The molecule has 0 radical (unpaired) electrons. The quantitative estimate of drug-likeness (QED) is 0.288. The van der Waals surface area contributed by atoms with Gasteiger partial charge in [-0.3, -0.25) is 4.98 Å². The lowest BCUT2D eigenvalue weighted by Gasteiger charge is -2.28. The molecule has 3 heterocycles. The van der Waals surface area contributed by atoms with Gasteiger partial charge in [0.1, 0.15) is 0 Å². The minimum Gasteiger partial charge on any atom is -0.252 e. The smallest absolute Gasteiger partial charge is 0.0705 e. The number of aromatic nitrogens is 1.